The highest BCUT2D eigenvalue weighted by atomic mass is 32.2. The van der Waals surface area contributed by atoms with Crippen LogP contribution in [0.4, 0.5) is 15.3 Å². The van der Waals surface area contributed by atoms with E-state index >= 15 is 0 Å². The Balaban J connectivity index is 1.68. The van der Waals surface area contributed by atoms with Gasteiger partial charge in [-0.3, -0.25) is 19.2 Å². The van der Waals surface area contributed by atoms with Gasteiger partial charge in [0.1, 0.15) is 17.2 Å². The van der Waals surface area contributed by atoms with Crippen LogP contribution in [-0.2, 0) is 36.9 Å². The second kappa shape index (κ2) is 11.4. The fraction of sp³-hybridized carbons (Fsp3) is 0.500. The van der Waals surface area contributed by atoms with Crippen molar-refractivity contribution in [1.82, 2.24) is 15.2 Å². The van der Waals surface area contributed by atoms with E-state index in [4.69, 9.17) is 13.7 Å². The van der Waals surface area contributed by atoms with E-state index in [0.29, 0.717) is 16.3 Å². The fourth-order valence-electron chi connectivity index (χ4n) is 3.56. The Bertz CT molecular complexity index is 1240. The van der Waals surface area contributed by atoms with Crippen LogP contribution in [0.5, 0.6) is 0 Å². The first-order valence-corrected chi connectivity index (χ1v) is 13.9. The summed E-state index contributed by atoms with van der Waals surface area (Å²) in [5.41, 5.74) is 0.308. The van der Waals surface area contributed by atoms with Gasteiger partial charge in [0.05, 0.1) is 42.1 Å². The van der Waals surface area contributed by atoms with Crippen molar-refractivity contribution in [3.8, 4) is 0 Å². The molecular formula is C22H28N4O9S2. The molecule has 2 heterocycles. The van der Waals surface area contributed by atoms with Gasteiger partial charge in [0.25, 0.3) is 15.8 Å². The number of hydrogen-bond donors (Lipinski definition) is 1. The number of carbonyl (C=O) groups is 2. The summed E-state index contributed by atoms with van der Waals surface area (Å²) in [6, 6.07) is 4.95. The number of carbonyl (C=O) groups excluding carboxylic acids is 2. The van der Waals surface area contributed by atoms with Gasteiger partial charge in [0, 0.05) is 23.9 Å². The van der Waals surface area contributed by atoms with Gasteiger partial charge in [-0.1, -0.05) is 0 Å². The summed E-state index contributed by atoms with van der Waals surface area (Å²) in [7, 11) is -3.77. The summed E-state index contributed by atoms with van der Waals surface area (Å²) in [5, 5.41) is 15.7. The third-order valence-electron chi connectivity index (χ3n) is 5.01. The zero-order chi connectivity index (χ0) is 27.4. The standard InChI is InChI=1S/C22H28N4O9S2/c1-22(2,3)34-20(27)23-10-19-24-17(13-36-19)18-9-16(35-37(4,31)32)11-25(18)21(28)33-12-14-5-7-15(8-6-14)26(29)30/h5-8,13,16,18H,9-12H2,1-4H3,(H,23,27)/t16-,18+/m1/s1. The molecule has 3 rings (SSSR count). The molecule has 1 N–H and O–H groups in total. The number of hydrogen-bond acceptors (Lipinski definition) is 11. The lowest BCUT2D eigenvalue weighted by molar-refractivity contribution is -0.384. The zero-order valence-corrected chi connectivity index (χ0v) is 22.3. The molecular weight excluding hydrogens is 528 g/mol. The molecule has 1 aromatic carbocycles. The Kier molecular flexibility index (Phi) is 8.71. The van der Waals surface area contributed by atoms with Gasteiger partial charge >= 0.3 is 12.2 Å². The van der Waals surface area contributed by atoms with Crippen LogP contribution in [0.2, 0.25) is 0 Å². The first-order valence-electron chi connectivity index (χ1n) is 11.2. The number of aromatic nitrogens is 1. The van der Waals surface area contributed by atoms with Crippen molar-refractivity contribution >= 4 is 39.3 Å². The SMILES string of the molecule is CC(C)(C)OC(=O)NCc1nc([C@@H]2C[C@@H](OS(C)(=O)=O)CN2C(=O)OCc2ccc([N+](=O)[O-])cc2)cs1. The highest BCUT2D eigenvalue weighted by Gasteiger charge is 2.40. The number of rotatable bonds is 8. The van der Waals surface area contributed by atoms with Crippen molar-refractivity contribution in [3.05, 3.63) is 56.0 Å². The molecule has 13 nitrogen and oxygen atoms in total. The van der Waals surface area contributed by atoms with Crippen LogP contribution in [0, 0.1) is 10.1 Å². The lowest BCUT2D eigenvalue weighted by atomic mass is 10.1. The normalized spacial score (nSPS) is 17.9. The Morgan fingerprint density at radius 1 is 1.27 bits per heavy atom. The number of nitro groups is 1. The van der Waals surface area contributed by atoms with Crippen LogP contribution < -0.4 is 5.32 Å². The molecule has 0 bridgehead atoms. The topological polar surface area (TPSA) is 167 Å². The summed E-state index contributed by atoms with van der Waals surface area (Å²) in [4.78, 5) is 41.0. The number of nitrogens with zero attached hydrogens (tertiary/aromatic N) is 3. The summed E-state index contributed by atoms with van der Waals surface area (Å²) in [6.45, 7) is 5.18. The predicted molar refractivity (Wildman–Crippen MR) is 132 cm³/mol. The summed E-state index contributed by atoms with van der Waals surface area (Å²) < 4.78 is 39.1. The van der Waals surface area contributed by atoms with Crippen LogP contribution >= 0.6 is 11.3 Å². The van der Waals surface area contributed by atoms with Crippen LogP contribution in [0.25, 0.3) is 0 Å². The highest BCUT2D eigenvalue weighted by molar-refractivity contribution is 7.86. The van der Waals surface area contributed by atoms with Crippen LogP contribution in [0.15, 0.2) is 29.6 Å². The highest BCUT2D eigenvalue weighted by Crippen LogP contribution is 2.35. The second-order valence-corrected chi connectivity index (χ2v) is 11.9. The Labute approximate surface area is 218 Å². The molecule has 0 aliphatic carbocycles. The largest absolute Gasteiger partial charge is 0.445 e. The number of alkyl carbamates (subject to hydrolysis) is 1. The first-order chi connectivity index (χ1) is 17.2. The molecule has 1 aliphatic heterocycles. The summed E-state index contributed by atoms with van der Waals surface area (Å²) >= 11 is 1.26. The van der Waals surface area contributed by atoms with Gasteiger partial charge in [-0.2, -0.15) is 8.42 Å². The smallest absolute Gasteiger partial charge is 0.410 e. The predicted octanol–water partition coefficient (Wildman–Crippen LogP) is 3.50. The molecule has 2 aromatic rings. The van der Waals surface area contributed by atoms with E-state index < -0.39 is 45.0 Å². The average molecular weight is 557 g/mol. The minimum atomic E-state index is -3.77. The van der Waals surface area contributed by atoms with Crippen molar-refractivity contribution in [2.75, 3.05) is 12.8 Å². The molecule has 0 radical (unpaired) electrons. The second-order valence-electron chi connectivity index (χ2n) is 9.33. The minimum Gasteiger partial charge on any atom is -0.445 e. The number of nitro benzene ring substituents is 1. The molecule has 2 amide bonds. The van der Waals surface area contributed by atoms with Gasteiger partial charge in [0.15, 0.2) is 0 Å². The van der Waals surface area contributed by atoms with E-state index in [2.05, 4.69) is 10.3 Å². The molecule has 2 atom stereocenters. The van der Waals surface area contributed by atoms with Gasteiger partial charge in [-0.25, -0.2) is 14.6 Å². The van der Waals surface area contributed by atoms with Gasteiger partial charge < -0.3 is 14.8 Å². The number of thiazole rings is 1. The van der Waals surface area contributed by atoms with Crippen LogP contribution in [0.3, 0.4) is 0 Å². The molecule has 0 spiro atoms. The Morgan fingerprint density at radius 3 is 2.54 bits per heavy atom. The molecule has 37 heavy (non-hydrogen) atoms. The van der Waals surface area contributed by atoms with Crippen molar-refractivity contribution in [3.63, 3.8) is 0 Å². The van der Waals surface area contributed by atoms with E-state index in [1.54, 1.807) is 26.2 Å². The quantitative estimate of drug-likeness (QED) is 0.289. The van der Waals surface area contributed by atoms with Gasteiger partial charge in [-0.05, 0) is 38.5 Å². The monoisotopic (exact) mass is 556 g/mol. The average Bonchev–Trinajstić information content (AvgIpc) is 3.41. The zero-order valence-electron chi connectivity index (χ0n) is 20.7. The molecule has 1 aliphatic rings. The number of benzene rings is 1. The van der Waals surface area contributed by atoms with Crippen molar-refractivity contribution in [2.45, 2.75) is 58.1 Å². The van der Waals surface area contributed by atoms with Gasteiger partial charge in [-0.15, -0.1) is 11.3 Å². The lowest BCUT2D eigenvalue weighted by Crippen LogP contribution is -2.33. The van der Waals surface area contributed by atoms with E-state index in [1.807, 2.05) is 0 Å². The first kappa shape index (κ1) is 28.3. The molecule has 202 valence electrons. The van der Waals surface area contributed by atoms with Gasteiger partial charge in [0.2, 0.25) is 0 Å². The maximum absolute atomic E-state index is 12.9. The summed E-state index contributed by atoms with van der Waals surface area (Å²) in [6.07, 6.45) is -1.01. The number of likely N-dealkylation sites (tertiary alicyclic amines) is 1. The lowest BCUT2D eigenvalue weighted by Gasteiger charge is -2.22. The summed E-state index contributed by atoms with van der Waals surface area (Å²) in [5.74, 6) is 0. The van der Waals surface area contributed by atoms with Crippen molar-refractivity contribution in [1.29, 1.82) is 0 Å². The molecule has 1 aromatic heterocycles. The number of amides is 2. The fourth-order valence-corrected chi connectivity index (χ4v) is 4.97. The van der Waals surface area contributed by atoms with E-state index in [-0.39, 0.29) is 31.8 Å². The van der Waals surface area contributed by atoms with E-state index in [0.717, 1.165) is 6.26 Å². The molecule has 0 unspecified atom stereocenters. The minimum absolute atomic E-state index is 0.0418. The van der Waals surface area contributed by atoms with E-state index in [1.165, 1.54) is 40.5 Å². The Morgan fingerprint density at radius 2 is 1.95 bits per heavy atom. The molecule has 1 fully saturated rings. The number of nitrogens with one attached hydrogen (secondary N) is 1. The van der Waals surface area contributed by atoms with Crippen LogP contribution in [-0.4, -0.2) is 59.9 Å². The Hall–Kier alpha value is -3.30. The van der Waals surface area contributed by atoms with Crippen LogP contribution in [0.1, 0.15) is 49.5 Å². The van der Waals surface area contributed by atoms with Crippen molar-refractivity contribution in [2.24, 2.45) is 0 Å². The molecule has 0 saturated carbocycles. The van der Waals surface area contributed by atoms with Crippen molar-refractivity contribution < 1.29 is 36.6 Å². The molecule has 1 saturated heterocycles. The molecule has 15 heteroatoms. The number of ether oxygens (including phenoxy) is 2. The third kappa shape index (κ3) is 8.65. The maximum Gasteiger partial charge on any atom is 0.410 e. The maximum atomic E-state index is 12.9. The number of non-ortho nitro benzene ring substituents is 1. The third-order valence-corrected chi connectivity index (χ3v) is 6.50. The van der Waals surface area contributed by atoms with E-state index in [9.17, 15) is 28.1 Å².